The lowest BCUT2D eigenvalue weighted by molar-refractivity contribution is -0.617. The minimum atomic E-state index is -1.70. The van der Waals surface area contributed by atoms with Crippen LogP contribution >= 0.6 is 0 Å². The predicted octanol–water partition coefficient (Wildman–Crippen LogP) is 4.46. The maximum Gasteiger partial charge on any atom is 0.345 e. The summed E-state index contributed by atoms with van der Waals surface area (Å²) in [6.07, 6.45) is 0. The number of nitrogens with zero attached hydrogens (tertiary/aromatic N) is 1. The summed E-state index contributed by atoms with van der Waals surface area (Å²) in [4.78, 5) is 13.0. The van der Waals surface area contributed by atoms with Crippen LogP contribution < -0.4 is 14.0 Å². The molecule has 4 rings (SSSR count). The molecule has 0 radical (unpaired) electrons. The zero-order chi connectivity index (χ0) is 20.7. The number of aromatic nitrogens is 1. The molecule has 3 aromatic carbocycles. The van der Waals surface area contributed by atoms with Gasteiger partial charge in [0.05, 0.1) is 29.5 Å². The predicted molar refractivity (Wildman–Crippen MR) is 100 cm³/mol. The molecular formula is C22H15F3NO3+. The Labute approximate surface area is 163 Å². The molecule has 0 fully saturated rings. The number of carbonyl (C=O) groups is 1. The first-order valence-electron chi connectivity index (χ1n) is 8.66. The molecule has 0 saturated heterocycles. The number of halogens is 3. The zero-order valence-electron chi connectivity index (χ0n) is 15.5. The molecule has 0 N–H and O–H groups in total. The molecule has 1 aromatic heterocycles. The number of hydrogen-bond donors (Lipinski definition) is 0. The molecule has 1 heterocycles. The topological polar surface area (TPSA) is 39.4 Å². The van der Waals surface area contributed by atoms with Crippen LogP contribution in [0.2, 0.25) is 0 Å². The van der Waals surface area contributed by atoms with Crippen LogP contribution in [-0.4, -0.2) is 13.1 Å². The monoisotopic (exact) mass is 398 g/mol. The quantitative estimate of drug-likeness (QED) is 0.168. The van der Waals surface area contributed by atoms with E-state index in [1.54, 1.807) is 30.3 Å². The number of ether oxygens (including phenoxy) is 2. The molecule has 29 heavy (non-hydrogen) atoms. The number of esters is 1. The van der Waals surface area contributed by atoms with Crippen LogP contribution in [0.15, 0.2) is 54.6 Å². The highest BCUT2D eigenvalue weighted by Crippen LogP contribution is 2.29. The van der Waals surface area contributed by atoms with Crippen molar-refractivity contribution in [1.82, 2.24) is 0 Å². The molecule has 4 nitrogen and oxygen atoms in total. The van der Waals surface area contributed by atoms with E-state index < -0.39 is 29.2 Å². The number of pyridine rings is 1. The zero-order valence-corrected chi connectivity index (χ0v) is 15.5. The van der Waals surface area contributed by atoms with Crippen molar-refractivity contribution < 1.29 is 32.0 Å². The largest absolute Gasteiger partial charge is 0.497 e. The van der Waals surface area contributed by atoms with Crippen molar-refractivity contribution in [2.75, 3.05) is 7.11 Å². The average Bonchev–Trinajstić information content (AvgIpc) is 2.74. The minimum absolute atomic E-state index is 0.181. The van der Waals surface area contributed by atoms with E-state index in [-0.39, 0.29) is 5.56 Å². The van der Waals surface area contributed by atoms with Crippen molar-refractivity contribution in [3.63, 3.8) is 0 Å². The summed E-state index contributed by atoms with van der Waals surface area (Å²) >= 11 is 0. The van der Waals surface area contributed by atoms with Gasteiger partial charge in [-0.05, 0) is 30.3 Å². The van der Waals surface area contributed by atoms with Crippen molar-refractivity contribution in [3.8, 4) is 11.5 Å². The second-order valence-electron chi connectivity index (χ2n) is 6.40. The van der Waals surface area contributed by atoms with Gasteiger partial charge in [-0.25, -0.2) is 13.6 Å². The summed E-state index contributed by atoms with van der Waals surface area (Å²) in [6.45, 7) is 0. The Bertz CT molecular complexity index is 1290. The number of benzene rings is 3. The summed E-state index contributed by atoms with van der Waals surface area (Å²) in [5, 5.41) is 1.11. The first-order valence-corrected chi connectivity index (χ1v) is 8.66. The van der Waals surface area contributed by atoms with E-state index in [0.717, 1.165) is 11.6 Å². The molecule has 7 heteroatoms. The highest BCUT2D eigenvalue weighted by molar-refractivity contribution is 6.13. The molecular weight excluding hydrogens is 383 g/mol. The molecule has 4 aromatic rings. The third kappa shape index (κ3) is 3.04. The van der Waals surface area contributed by atoms with E-state index >= 15 is 0 Å². The lowest BCUT2D eigenvalue weighted by atomic mass is 10.0. The molecule has 0 aliphatic rings. The fourth-order valence-electron chi connectivity index (χ4n) is 3.34. The van der Waals surface area contributed by atoms with Crippen molar-refractivity contribution >= 4 is 27.8 Å². The van der Waals surface area contributed by atoms with Gasteiger partial charge in [-0.15, -0.1) is 0 Å². The Hall–Kier alpha value is -3.61. The van der Waals surface area contributed by atoms with E-state index in [4.69, 9.17) is 9.47 Å². The maximum absolute atomic E-state index is 14.0. The second-order valence-corrected chi connectivity index (χ2v) is 6.40. The molecule has 0 saturated carbocycles. The molecule has 0 amide bonds. The average molecular weight is 398 g/mol. The number of hydrogen-bond acceptors (Lipinski definition) is 3. The number of aryl methyl sites for hydroxylation is 1. The lowest BCUT2D eigenvalue weighted by Crippen LogP contribution is -2.31. The number of para-hydroxylation sites is 1. The lowest BCUT2D eigenvalue weighted by Gasteiger charge is -2.11. The van der Waals surface area contributed by atoms with E-state index in [1.807, 2.05) is 23.7 Å². The van der Waals surface area contributed by atoms with Gasteiger partial charge in [0.25, 0.3) is 0 Å². The van der Waals surface area contributed by atoms with Crippen LogP contribution in [0.1, 0.15) is 10.4 Å². The Balaban J connectivity index is 1.95. The third-order valence-electron chi connectivity index (χ3n) is 4.78. The third-order valence-corrected chi connectivity index (χ3v) is 4.78. The molecule has 0 bridgehead atoms. The molecule has 146 valence electrons. The second kappa shape index (κ2) is 7.09. The maximum atomic E-state index is 14.0. The van der Waals surface area contributed by atoms with Crippen molar-refractivity contribution in [2.45, 2.75) is 0 Å². The van der Waals surface area contributed by atoms with E-state index in [1.165, 1.54) is 7.11 Å². The summed E-state index contributed by atoms with van der Waals surface area (Å²) < 4.78 is 53.0. The fourth-order valence-corrected chi connectivity index (χ4v) is 3.34. The van der Waals surface area contributed by atoms with Crippen LogP contribution in [0.25, 0.3) is 21.8 Å². The highest BCUT2D eigenvalue weighted by atomic mass is 19.2. The summed E-state index contributed by atoms with van der Waals surface area (Å²) in [7, 11) is 3.37. The van der Waals surface area contributed by atoms with Crippen molar-refractivity contribution in [1.29, 1.82) is 0 Å². The van der Waals surface area contributed by atoms with Gasteiger partial charge in [0.2, 0.25) is 16.9 Å². The molecule has 0 unspecified atom stereocenters. The first-order chi connectivity index (χ1) is 13.9. The Morgan fingerprint density at radius 2 is 1.62 bits per heavy atom. The summed E-state index contributed by atoms with van der Waals surface area (Å²) in [5.41, 5.74) is 1.59. The van der Waals surface area contributed by atoms with Gasteiger partial charge in [-0.3, -0.25) is 0 Å². The Kier molecular flexibility index (Phi) is 4.58. The van der Waals surface area contributed by atoms with Gasteiger partial charge in [-0.2, -0.15) is 8.96 Å². The number of fused-ring (bicyclic) bond motifs is 2. The van der Waals surface area contributed by atoms with E-state index in [0.29, 0.717) is 28.1 Å². The summed E-state index contributed by atoms with van der Waals surface area (Å²) in [5.74, 6) is -5.61. The van der Waals surface area contributed by atoms with Gasteiger partial charge in [0.1, 0.15) is 12.8 Å². The van der Waals surface area contributed by atoms with Crippen molar-refractivity contribution in [2.24, 2.45) is 7.05 Å². The number of carbonyl (C=O) groups excluding carboxylic acids is 1. The van der Waals surface area contributed by atoms with Crippen LogP contribution in [0.3, 0.4) is 0 Å². The van der Waals surface area contributed by atoms with Crippen molar-refractivity contribution in [3.05, 3.63) is 77.6 Å². The van der Waals surface area contributed by atoms with Gasteiger partial charge >= 0.3 is 5.97 Å². The van der Waals surface area contributed by atoms with Crippen LogP contribution in [-0.2, 0) is 7.05 Å². The minimum Gasteiger partial charge on any atom is -0.497 e. The smallest absolute Gasteiger partial charge is 0.345 e. The molecule has 0 aliphatic heterocycles. The van der Waals surface area contributed by atoms with Gasteiger partial charge in [-0.1, -0.05) is 12.1 Å². The number of methoxy groups -OCH3 is 1. The van der Waals surface area contributed by atoms with Crippen LogP contribution in [0.4, 0.5) is 13.2 Å². The Morgan fingerprint density at radius 3 is 2.38 bits per heavy atom. The van der Waals surface area contributed by atoms with Crippen LogP contribution in [0.5, 0.6) is 11.5 Å². The molecule has 0 spiro atoms. The van der Waals surface area contributed by atoms with Gasteiger partial charge in [0, 0.05) is 6.07 Å². The first kappa shape index (κ1) is 18.7. The normalized spacial score (nSPS) is 11.1. The fraction of sp³-hybridized carbons (Fsp3) is 0.0909. The molecule has 0 aliphatic carbocycles. The van der Waals surface area contributed by atoms with E-state index in [9.17, 15) is 18.0 Å². The van der Waals surface area contributed by atoms with Crippen LogP contribution in [0, 0.1) is 17.5 Å². The van der Waals surface area contributed by atoms with Gasteiger partial charge in [0.15, 0.2) is 17.4 Å². The van der Waals surface area contributed by atoms with E-state index in [2.05, 4.69) is 0 Å². The molecule has 0 atom stereocenters. The van der Waals surface area contributed by atoms with Gasteiger partial charge < -0.3 is 9.47 Å². The number of rotatable bonds is 3. The standard InChI is InChI=1S/C22H15F3NO3/c1-26-16-6-4-3-5-13(16)19(14-8-7-12(28-2)11-17(14)26)22(27)29-18-10-9-15(23)20(24)21(18)25/h3-11H,1-2H3/q+1. The Morgan fingerprint density at radius 1 is 0.897 bits per heavy atom. The SMILES string of the molecule is COc1ccc2c(C(=O)Oc3ccc(F)c(F)c3F)c3ccccc3[n+](C)c2c1. The summed E-state index contributed by atoms with van der Waals surface area (Å²) in [6, 6.07) is 13.8. The highest BCUT2D eigenvalue weighted by Gasteiger charge is 2.26.